The van der Waals surface area contributed by atoms with Gasteiger partial charge in [-0.1, -0.05) is 18.2 Å². The lowest BCUT2D eigenvalue weighted by atomic mass is 10.1. The van der Waals surface area contributed by atoms with Crippen molar-refractivity contribution >= 4 is 27.2 Å². The van der Waals surface area contributed by atoms with Crippen molar-refractivity contribution in [2.75, 3.05) is 20.2 Å². The fourth-order valence-corrected chi connectivity index (χ4v) is 3.31. The highest BCUT2D eigenvalue weighted by atomic mass is 31.1. The number of nitrogens with one attached hydrogen (secondary N) is 2. The van der Waals surface area contributed by atoms with Gasteiger partial charge in [0, 0.05) is 18.8 Å². The molecular weight excluding hydrogens is 484 g/mol. The zero-order valence-corrected chi connectivity index (χ0v) is 21.0. The van der Waals surface area contributed by atoms with E-state index >= 15 is 0 Å². The third-order valence-corrected chi connectivity index (χ3v) is 5.02. The Morgan fingerprint density at radius 2 is 1.97 bits per heavy atom. The number of carbonyl (C=O) groups excluding carboxylic acids is 3. The molecule has 35 heavy (non-hydrogen) atoms. The van der Waals surface area contributed by atoms with E-state index in [-0.39, 0.29) is 33.8 Å². The molecule has 1 aromatic rings. The number of aliphatic hydroxyl groups is 1. The molecule has 0 bridgehead atoms. The Morgan fingerprint density at radius 3 is 2.49 bits per heavy atom. The Kier molecular flexibility index (Phi) is 14.0. The van der Waals surface area contributed by atoms with Crippen LogP contribution in [0.5, 0.6) is 5.75 Å². The summed E-state index contributed by atoms with van der Waals surface area (Å²) in [4.78, 5) is 35.0. The zero-order valence-electron chi connectivity index (χ0n) is 20.0. The van der Waals surface area contributed by atoms with Gasteiger partial charge in [0.25, 0.3) is 0 Å². The Bertz CT molecular complexity index is 830. The minimum Gasteiger partial charge on any atom is -0.508 e. The molecule has 0 aromatic heterocycles. The van der Waals surface area contributed by atoms with E-state index in [0.717, 1.165) is 11.1 Å². The normalized spacial score (nSPS) is 22.0. The second-order valence-corrected chi connectivity index (χ2v) is 8.43. The van der Waals surface area contributed by atoms with E-state index in [1.807, 2.05) is 6.07 Å². The van der Waals surface area contributed by atoms with Crippen LogP contribution in [0.25, 0.3) is 0 Å². The highest BCUT2D eigenvalue weighted by Crippen LogP contribution is 2.28. The number of amides is 2. The molecule has 1 fully saturated rings. The van der Waals surface area contributed by atoms with Gasteiger partial charge in [-0.25, -0.2) is 4.39 Å². The Morgan fingerprint density at radius 1 is 1.31 bits per heavy atom. The number of ether oxygens (including phenoxy) is 2. The monoisotopic (exact) mass is 517 g/mol. The van der Waals surface area contributed by atoms with Crippen LogP contribution < -0.4 is 10.4 Å². The third kappa shape index (κ3) is 11.1. The molecule has 1 aliphatic rings. The second-order valence-electron chi connectivity index (χ2n) is 7.58. The average molecular weight is 517 g/mol. The van der Waals surface area contributed by atoms with Crippen molar-refractivity contribution in [3.63, 3.8) is 0 Å². The number of halogens is 1. The molecule has 2 rings (SSSR count). The van der Waals surface area contributed by atoms with Gasteiger partial charge in [0.2, 0.25) is 12.3 Å². The Labute approximate surface area is 205 Å². The second kappa shape index (κ2) is 16.1. The number of nitrogens with zero attached hydrogens (tertiary/aromatic N) is 1. The summed E-state index contributed by atoms with van der Waals surface area (Å²) in [7, 11) is 1.12. The average Bonchev–Trinajstić information content (AvgIpc) is 3.10. The van der Waals surface area contributed by atoms with Crippen LogP contribution in [0.2, 0.25) is 0 Å². The minimum atomic E-state index is -1.88. The number of benzene rings is 1. The van der Waals surface area contributed by atoms with E-state index in [2.05, 4.69) is 10.4 Å². The van der Waals surface area contributed by atoms with Crippen molar-refractivity contribution < 1.29 is 43.0 Å². The molecule has 0 saturated carbocycles. The number of aromatic hydroxyl groups is 1. The summed E-state index contributed by atoms with van der Waals surface area (Å²) in [5.41, 5.74) is 0.165. The van der Waals surface area contributed by atoms with E-state index < -0.39 is 36.5 Å². The van der Waals surface area contributed by atoms with E-state index in [9.17, 15) is 23.9 Å². The molecule has 0 spiro atoms. The highest BCUT2D eigenvalue weighted by molar-refractivity contribution is 7.29. The van der Waals surface area contributed by atoms with Gasteiger partial charge >= 0.3 is 5.97 Å². The number of para-hydroxylation sites is 1. The van der Waals surface area contributed by atoms with Crippen LogP contribution in [-0.2, 0) is 28.4 Å². The zero-order chi connectivity index (χ0) is 26.4. The van der Waals surface area contributed by atoms with Gasteiger partial charge in [-0.15, -0.1) is 0 Å². The van der Waals surface area contributed by atoms with Gasteiger partial charge in [0.1, 0.15) is 18.0 Å². The molecule has 2 amide bonds. The van der Waals surface area contributed by atoms with Crippen LogP contribution in [-0.4, -0.2) is 84.3 Å². The molecule has 1 aliphatic heterocycles. The van der Waals surface area contributed by atoms with Gasteiger partial charge in [-0.2, -0.15) is 0 Å². The van der Waals surface area contributed by atoms with Crippen molar-refractivity contribution in [2.45, 2.75) is 51.5 Å². The number of hydrogen-bond donors (Lipinski definition) is 4. The van der Waals surface area contributed by atoms with Crippen LogP contribution >= 0.6 is 8.96 Å². The lowest BCUT2D eigenvalue weighted by Crippen LogP contribution is -2.39. The van der Waals surface area contributed by atoms with Crippen molar-refractivity contribution in [1.82, 2.24) is 15.3 Å². The van der Waals surface area contributed by atoms with E-state index in [1.165, 1.54) is 14.0 Å². The van der Waals surface area contributed by atoms with Crippen LogP contribution in [0.1, 0.15) is 20.8 Å². The molecule has 1 saturated heterocycles. The number of esters is 1. The number of alkyl halides is 1. The first kappa shape index (κ1) is 30.4. The summed E-state index contributed by atoms with van der Waals surface area (Å²) >= 11 is 0. The SMILES string of the molecule is CNC(=O)/C(C)=C\N(C=O)C1OC(COPNCC(=O)OC(C)C)C(O)C1F.Oc1ccccc1. The summed E-state index contributed by atoms with van der Waals surface area (Å²) < 4.78 is 29.9. The first-order chi connectivity index (χ1) is 16.6. The Hall–Kier alpha value is -2.63. The number of phenolic OH excluding ortho intramolecular Hbond substituents is 1. The largest absolute Gasteiger partial charge is 0.508 e. The fraction of sp³-hybridized carbons (Fsp3) is 0.500. The van der Waals surface area contributed by atoms with E-state index in [0.29, 0.717) is 12.2 Å². The third-order valence-electron chi connectivity index (χ3n) is 4.39. The molecule has 196 valence electrons. The molecule has 4 N–H and O–H groups in total. The van der Waals surface area contributed by atoms with Gasteiger partial charge in [0.05, 0.1) is 28.2 Å². The standard InChI is InChI=1S/C16H27FN3O7P.C6H6O/c1-9(2)26-12(22)5-19-28-25-7-11-14(23)13(17)16(27-11)20(8-21)6-10(3)15(24)18-4;7-6-4-2-1-3-5-6/h6,8-9,11,13-14,16,19,23,28H,5,7H2,1-4H3,(H,18,24);1-5,7H/b10-6-;. The lowest BCUT2D eigenvalue weighted by Gasteiger charge is -2.23. The first-order valence-corrected chi connectivity index (χ1v) is 11.7. The molecule has 11 nitrogen and oxygen atoms in total. The molecule has 1 aromatic carbocycles. The highest BCUT2D eigenvalue weighted by Gasteiger charge is 2.46. The quantitative estimate of drug-likeness (QED) is 0.111. The molecule has 5 unspecified atom stereocenters. The smallest absolute Gasteiger partial charge is 0.320 e. The summed E-state index contributed by atoms with van der Waals surface area (Å²) in [5.74, 6) is -0.557. The van der Waals surface area contributed by atoms with Gasteiger partial charge in [-0.3, -0.25) is 24.4 Å². The number of rotatable bonds is 11. The number of hydrogen-bond acceptors (Lipinski definition) is 9. The van der Waals surface area contributed by atoms with Crippen LogP contribution in [0.3, 0.4) is 0 Å². The van der Waals surface area contributed by atoms with Crippen molar-refractivity contribution in [3.05, 3.63) is 42.1 Å². The maximum Gasteiger partial charge on any atom is 0.320 e. The molecule has 1 heterocycles. The predicted octanol–water partition coefficient (Wildman–Crippen LogP) is 0.977. The predicted molar refractivity (Wildman–Crippen MR) is 127 cm³/mol. The number of likely N-dealkylation sites (N-methyl/N-ethyl adjacent to an activating group) is 1. The van der Waals surface area contributed by atoms with E-state index in [1.54, 1.807) is 38.1 Å². The maximum atomic E-state index is 14.4. The molecule has 0 radical (unpaired) electrons. The molecule has 5 atom stereocenters. The molecule has 0 aliphatic carbocycles. The lowest BCUT2D eigenvalue weighted by molar-refractivity contribution is -0.145. The van der Waals surface area contributed by atoms with Gasteiger partial charge < -0.3 is 29.5 Å². The maximum absolute atomic E-state index is 14.4. The fourth-order valence-electron chi connectivity index (χ4n) is 2.74. The number of aliphatic hydroxyl groups excluding tert-OH is 1. The van der Waals surface area contributed by atoms with E-state index in [4.69, 9.17) is 19.1 Å². The van der Waals surface area contributed by atoms with Crippen molar-refractivity contribution in [2.24, 2.45) is 0 Å². The van der Waals surface area contributed by atoms with Crippen LogP contribution in [0.15, 0.2) is 42.1 Å². The summed E-state index contributed by atoms with van der Waals surface area (Å²) in [5, 5.41) is 23.7. The topological polar surface area (TPSA) is 147 Å². The summed E-state index contributed by atoms with van der Waals surface area (Å²) in [6.07, 6.45) is -4.58. The molecule has 13 heteroatoms. The van der Waals surface area contributed by atoms with Crippen LogP contribution in [0, 0.1) is 0 Å². The van der Waals surface area contributed by atoms with Gasteiger partial charge in [0.15, 0.2) is 12.4 Å². The number of phenols is 1. The first-order valence-electron chi connectivity index (χ1n) is 10.7. The minimum absolute atomic E-state index is 0.0540. The van der Waals surface area contributed by atoms with Crippen molar-refractivity contribution in [3.8, 4) is 5.75 Å². The van der Waals surface area contributed by atoms with Crippen molar-refractivity contribution in [1.29, 1.82) is 0 Å². The Balaban J connectivity index is 0.000000744. The number of carbonyl (C=O) groups is 3. The summed E-state index contributed by atoms with van der Waals surface area (Å²) in [6, 6.07) is 8.71. The summed E-state index contributed by atoms with van der Waals surface area (Å²) in [6.45, 7) is 4.70. The van der Waals surface area contributed by atoms with Crippen LogP contribution in [0.4, 0.5) is 4.39 Å². The molecular formula is C22H33FN3O8P. The van der Waals surface area contributed by atoms with Gasteiger partial charge in [-0.05, 0) is 32.9 Å².